The molecule has 0 fully saturated rings. The molecule has 0 radical (unpaired) electrons. The van der Waals surface area contributed by atoms with E-state index in [9.17, 15) is 0 Å². The van der Waals surface area contributed by atoms with E-state index >= 15 is 0 Å². The Morgan fingerprint density at radius 3 is 2.50 bits per heavy atom. The van der Waals surface area contributed by atoms with Crippen LogP contribution in [0.1, 0.15) is 17.2 Å². The summed E-state index contributed by atoms with van der Waals surface area (Å²) in [6.45, 7) is 0. The van der Waals surface area contributed by atoms with Crippen molar-refractivity contribution in [2.75, 3.05) is 11.9 Å². The Morgan fingerprint density at radius 1 is 0.917 bits per heavy atom. The van der Waals surface area contributed by atoms with Gasteiger partial charge >= 0.3 is 0 Å². The van der Waals surface area contributed by atoms with E-state index in [4.69, 9.17) is 0 Å². The average molecular weight is 313 g/mol. The summed E-state index contributed by atoms with van der Waals surface area (Å²) in [5, 5.41) is 1.24. The molecule has 0 spiro atoms. The van der Waals surface area contributed by atoms with Gasteiger partial charge in [-0.15, -0.1) is 0 Å². The number of aromatic nitrogens is 2. The van der Waals surface area contributed by atoms with Gasteiger partial charge in [0.1, 0.15) is 0 Å². The van der Waals surface area contributed by atoms with Crippen LogP contribution in [0.3, 0.4) is 0 Å². The number of anilines is 1. The number of rotatable bonds is 4. The zero-order valence-corrected chi connectivity index (χ0v) is 13.6. The molecule has 2 heterocycles. The molecule has 0 aliphatic carbocycles. The lowest BCUT2D eigenvalue weighted by molar-refractivity contribution is 0.784. The number of hydrogen-bond donors (Lipinski definition) is 1. The maximum absolute atomic E-state index is 4.33. The summed E-state index contributed by atoms with van der Waals surface area (Å²) < 4.78 is 0. The third-order valence-electron chi connectivity index (χ3n) is 4.47. The molecule has 0 saturated heterocycles. The van der Waals surface area contributed by atoms with Gasteiger partial charge in [0, 0.05) is 47.8 Å². The van der Waals surface area contributed by atoms with Gasteiger partial charge in [-0.05, 0) is 29.8 Å². The topological polar surface area (TPSA) is 31.9 Å². The molecule has 0 saturated carbocycles. The highest BCUT2D eigenvalue weighted by Crippen LogP contribution is 2.35. The van der Waals surface area contributed by atoms with Crippen LogP contribution in [-0.4, -0.2) is 17.0 Å². The van der Waals surface area contributed by atoms with Crippen molar-refractivity contribution in [3.63, 3.8) is 0 Å². The minimum absolute atomic E-state index is 0.0947. The molecule has 2 aromatic heterocycles. The molecule has 24 heavy (non-hydrogen) atoms. The van der Waals surface area contributed by atoms with Crippen molar-refractivity contribution < 1.29 is 0 Å². The Morgan fingerprint density at radius 2 is 1.71 bits per heavy atom. The highest BCUT2D eigenvalue weighted by atomic mass is 15.1. The van der Waals surface area contributed by atoms with Crippen molar-refractivity contribution in [2.24, 2.45) is 0 Å². The third kappa shape index (κ3) is 2.54. The van der Waals surface area contributed by atoms with Crippen molar-refractivity contribution in [3.05, 3.63) is 96.4 Å². The van der Waals surface area contributed by atoms with Gasteiger partial charge in [-0.25, -0.2) is 0 Å². The Bertz CT molecular complexity index is 929. The molecule has 2 aromatic carbocycles. The van der Waals surface area contributed by atoms with Crippen LogP contribution in [0, 0.1) is 0 Å². The van der Waals surface area contributed by atoms with E-state index in [1.54, 1.807) is 0 Å². The van der Waals surface area contributed by atoms with E-state index in [0.717, 1.165) is 5.52 Å². The summed E-state index contributed by atoms with van der Waals surface area (Å²) in [7, 11) is 2.13. The van der Waals surface area contributed by atoms with E-state index in [-0.39, 0.29) is 6.04 Å². The summed E-state index contributed by atoms with van der Waals surface area (Å²) in [6, 6.07) is 23.1. The van der Waals surface area contributed by atoms with Gasteiger partial charge in [0.15, 0.2) is 0 Å². The lowest BCUT2D eigenvalue weighted by Gasteiger charge is -2.30. The SMILES string of the molecule is CN(c1ccccc1)C(c1cccnc1)c1c[nH]c2ccccc12. The number of fused-ring (bicyclic) bond motifs is 1. The molecule has 4 rings (SSSR count). The Balaban J connectivity index is 1.88. The van der Waals surface area contributed by atoms with Crippen LogP contribution in [0.15, 0.2) is 85.3 Å². The van der Waals surface area contributed by atoms with Gasteiger partial charge in [0.05, 0.1) is 6.04 Å². The van der Waals surface area contributed by atoms with Gasteiger partial charge in [-0.1, -0.05) is 42.5 Å². The zero-order valence-electron chi connectivity index (χ0n) is 13.6. The van der Waals surface area contributed by atoms with Gasteiger partial charge < -0.3 is 9.88 Å². The number of pyridine rings is 1. The molecule has 0 amide bonds. The number of nitrogens with zero attached hydrogens (tertiary/aromatic N) is 2. The van der Waals surface area contributed by atoms with Gasteiger partial charge in [-0.2, -0.15) is 0 Å². The molecule has 3 heteroatoms. The Kier molecular flexibility index (Phi) is 3.75. The van der Waals surface area contributed by atoms with Crippen molar-refractivity contribution >= 4 is 16.6 Å². The standard InChI is InChI=1S/C21H19N3/c1-24(17-9-3-2-4-10-17)21(16-8-7-13-22-14-16)19-15-23-20-12-6-5-11-18(19)20/h2-15,21,23H,1H3. The summed E-state index contributed by atoms with van der Waals surface area (Å²) >= 11 is 0. The minimum atomic E-state index is 0.0947. The number of H-pyrrole nitrogens is 1. The predicted molar refractivity (Wildman–Crippen MR) is 99.2 cm³/mol. The fourth-order valence-electron chi connectivity index (χ4n) is 3.28. The maximum Gasteiger partial charge on any atom is 0.0828 e. The minimum Gasteiger partial charge on any atom is -0.363 e. The van der Waals surface area contributed by atoms with E-state index in [1.165, 1.54) is 22.2 Å². The van der Waals surface area contributed by atoms with E-state index in [2.05, 4.69) is 82.7 Å². The lowest BCUT2D eigenvalue weighted by atomic mass is 9.97. The smallest absolute Gasteiger partial charge is 0.0828 e. The second-order valence-electron chi connectivity index (χ2n) is 5.92. The van der Waals surface area contributed by atoms with Crippen LogP contribution in [0.5, 0.6) is 0 Å². The van der Waals surface area contributed by atoms with Crippen LogP contribution in [0.4, 0.5) is 5.69 Å². The number of benzene rings is 2. The van der Waals surface area contributed by atoms with Gasteiger partial charge in [0.2, 0.25) is 0 Å². The molecule has 3 nitrogen and oxygen atoms in total. The number of hydrogen-bond acceptors (Lipinski definition) is 2. The average Bonchev–Trinajstić information content (AvgIpc) is 3.07. The Hall–Kier alpha value is -3.07. The summed E-state index contributed by atoms with van der Waals surface area (Å²) in [5.41, 5.74) is 4.76. The molecule has 0 aliphatic rings. The molecule has 4 aromatic rings. The van der Waals surface area contributed by atoms with Crippen molar-refractivity contribution in [3.8, 4) is 0 Å². The fraction of sp³-hybridized carbons (Fsp3) is 0.0952. The van der Waals surface area contributed by atoms with Crippen LogP contribution < -0.4 is 4.90 Å². The largest absolute Gasteiger partial charge is 0.363 e. The zero-order chi connectivity index (χ0) is 16.4. The first-order valence-electron chi connectivity index (χ1n) is 8.08. The van der Waals surface area contributed by atoms with Crippen LogP contribution in [0.2, 0.25) is 0 Å². The first-order chi connectivity index (χ1) is 11.8. The highest BCUT2D eigenvalue weighted by molar-refractivity contribution is 5.84. The van der Waals surface area contributed by atoms with Crippen molar-refractivity contribution in [1.29, 1.82) is 0 Å². The van der Waals surface area contributed by atoms with Crippen molar-refractivity contribution in [2.45, 2.75) is 6.04 Å². The van der Waals surface area contributed by atoms with E-state index in [1.807, 2.05) is 24.5 Å². The van der Waals surface area contributed by atoms with E-state index in [0.29, 0.717) is 0 Å². The first-order valence-corrected chi connectivity index (χ1v) is 8.08. The molecule has 0 aliphatic heterocycles. The second kappa shape index (κ2) is 6.20. The number of nitrogens with one attached hydrogen (secondary N) is 1. The normalized spacial score (nSPS) is 12.2. The third-order valence-corrected chi connectivity index (χ3v) is 4.47. The summed E-state index contributed by atoms with van der Waals surface area (Å²) in [6.07, 6.45) is 5.88. The first kappa shape index (κ1) is 14.5. The molecule has 1 N–H and O–H groups in total. The number of para-hydroxylation sites is 2. The van der Waals surface area contributed by atoms with Crippen LogP contribution in [-0.2, 0) is 0 Å². The van der Waals surface area contributed by atoms with Gasteiger partial charge in [0.25, 0.3) is 0 Å². The number of aromatic amines is 1. The molecular weight excluding hydrogens is 294 g/mol. The molecule has 118 valence electrons. The molecular formula is C21H19N3. The monoisotopic (exact) mass is 313 g/mol. The second-order valence-corrected chi connectivity index (χ2v) is 5.92. The van der Waals surface area contributed by atoms with E-state index < -0.39 is 0 Å². The highest BCUT2D eigenvalue weighted by Gasteiger charge is 2.22. The molecule has 1 unspecified atom stereocenters. The van der Waals surface area contributed by atoms with Gasteiger partial charge in [-0.3, -0.25) is 4.98 Å². The van der Waals surface area contributed by atoms with Crippen molar-refractivity contribution in [1.82, 2.24) is 9.97 Å². The lowest BCUT2D eigenvalue weighted by Crippen LogP contribution is -2.25. The predicted octanol–water partition coefficient (Wildman–Crippen LogP) is 4.79. The summed E-state index contributed by atoms with van der Waals surface area (Å²) in [5.74, 6) is 0. The van der Waals surface area contributed by atoms with Crippen LogP contribution >= 0.6 is 0 Å². The summed E-state index contributed by atoms with van der Waals surface area (Å²) in [4.78, 5) is 10.0. The van der Waals surface area contributed by atoms with Crippen LogP contribution in [0.25, 0.3) is 10.9 Å². The maximum atomic E-state index is 4.33. The fourth-order valence-corrected chi connectivity index (χ4v) is 3.28. The molecule has 1 atom stereocenters. The Labute approximate surface area is 141 Å². The molecule has 0 bridgehead atoms. The quantitative estimate of drug-likeness (QED) is 0.587.